The predicted octanol–water partition coefficient (Wildman–Crippen LogP) is 1.82. The van der Waals surface area contributed by atoms with Crippen molar-refractivity contribution < 1.29 is 19.4 Å². The van der Waals surface area contributed by atoms with Gasteiger partial charge in [-0.15, -0.1) is 0 Å². The summed E-state index contributed by atoms with van der Waals surface area (Å²) in [4.78, 5) is 0. The number of piperidine rings is 1. The van der Waals surface area contributed by atoms with Crippen LogP contribution in [0.3, 0.4) is 0 Å². The summed E-state index contributed by atoms with van der Waals surface area (Å²) in [5.74, 6) is 0.701. The normalized spacial score (nSPS) is 37.6. The maximum Gasteiger partial charge on any atom is 0.139 e. The fourth-order valence-corrected chi connectivity index (χ4v) is 6.42. The number of benzene rings is 1. The third-order valence-corrected chi connectivity index (χ3v) is 7.35. The van der Waals surface area contributed by atoms with Crippen LogP contribution in [-0.4, -0.2) is 47.5 Å². The molecule has 0 radical (unpaired) electrons. The highest BCUT2D eigenvalue weighted by Crippen LogP contribution is 2.63. The molecule has 1 aromatic rings. The molecule has 2 aliphatic carbocycles. The lowest BCUT2D eigenvalue weighted by Crippen LogP contribution is -2.72. The molecule has 5 atom stereocenters. The summed E-state index contributed by atoms with van der Waals surface area (Å²) in [6.07, 6.45) is 8.94. The molecule has 2 aliphatic heterocycles. The average Bonchev–Trinajstić information content (AvgIpc) is 2.98. The van der Waals surface area contributed by atoms with E-state index in [1.165, 1.54) is 5.56 Å². The Bertz CT molecular complexity index is 819. The first-order valence-electron chi connectivity index (χ1n) is 9.51. The molecular weight excluding hydrogens is 326 g/mol. The Morgan fingerprint density at radius 2 is 2.04 bits per heavy atom. The van der Waals surface area contributed by atoms with Gasteiger partial charge in [0.25, 0.3) is 0 Å². The minimum Gasteiger partial charge on any atom is -0.870 e. The quantitative estimate of drug-likeness (QED) is 0.665. The Kier molecular flexibility index (Phi) is 3.26. The lowest BCUT2D eigenvalue weighted by molar-refractivity contribution is -0.951. The number of likely N-dealkylation sites (tertiary alicyclic amines) is 1. The van der Waals surface area contributed by atoms with Gasteiger partial charge in [-0.1, -0.05) is 43.2 Å². The molecule has 26 heavy (non-hydrogen) atoms. The van der Waals surface area contributed by atoms with Crippen LogP contribution in [0.1, 0.15) is 17.5 Å². The highest BCUT2D eigenvalue weighted by molar-refractivity contribution is 5.61. The fraction of sp³-hybridized carbons (Fsp3) is 0.455. The molecule has 4 aliphatic rings. The van der Waals surface area contributed by atoms with Crippen LogP contribution in [0.15, 0.2) is 49.6 Å². The highest BCUT2D eigenvalue weighted by Gasteiger charge is 2.67. The molecule has 2 heterocycles. The Morgan fingerprint density at radius 1 is 1.27 bits per heavy atom. The first kappa shape index (κ1) is 16.2. The Hall–Kier alpha value is -2.04. The van der Waals surface area contributed by atoms with Crippen molar-refractivity contribution >= 4 is 0 Å². The minimum absolute atomic E-state index is 0.0552. The number of hydrogen-bond donors (Lipinski definition) is 1. The van der Waals surface area contributed by atoms with Crippen LogP contribution in [0, 0.1) is 5.92 Å². The van der Waals surface area contributed by atoms with E-state index in [1.54, 1.807) is 6.07 Å². The molecule has 0 aromatic heterocycles. The first-order valence-corrected chi connectivity index (χ1v) is 9.51. The molecule has 136 valence electrons. The van der Waals surface area contributed by atoms with E-state index in [9.17, 15) is 10.2 Å². The van der Waals surface area contributed by atoms with Crippen LogP contribution in [0.5, 0.6) is 11.5 Å². The average molecular weight is 351 g/mol. The second-order valence-electron chi connectivity index (χ2n) is 8.31. The van der Waals surface area contributed by atoms with Gasteiger partial charge in [-0.3, -0.25) is 0 Å². The Labute approximate surface area is 154 Å². The number of rotatable bonds is 4. The van der Waals surface area contributed by atoms with Crippen molar-refractivity contribution in [1.82, 2.24) is 0 Å². The Balaban J connectivity index is 1.76. The van der Waals surface area contributed by atoms with Crippen LogP contribution >= 0.6 is 0 Å². The van der Waals surface area contributed by atoms with Crippen molar-refractivity contribution in [2.24, 2.45) is 5.92 Å². The second kappa shape index (κ2) is 5.24. The zero-order chi connectivity index (χ0) is 18.1. The van der Waals surface area contributed by atoms with Crippen molar-refractivity contribution in [1.29, 1.82) is 0 Å². The number of hydrogen-bond acceptors (Lipinski definition) is 3. The van der Waals surface area contributed by atoms with Gasteiger partial charge in [0.15, 0.2) is 0 Å². The predicted molar refractivity (Wildman–Crippen MR) is 98.0 cm³/mol. The molecule has 4 heteroatoms. The summed E-state index contributed by atoms with van der Waals surface area (Å²) < 4.78 is 7.09. The standard InChI is InChI=1S/C22H25NO3/c1-3-10-23(11-4-2)12-9-22-15-6-8-18(25)21(22)26-20-17(24)7-5-14(19(20)22)13-16(15)23/h3-8,15-16,18,21,25H,1-2,9-13H2/t15-,16+,18-,21-,22?/m0/s1. The fourth-order valence-electron chi connectivity index (χ4n) is 6.42. The van der Waals surface area contributed by atoms with Crippen molar-refractivity contribution in [2.75, 3.05) is 19.6 Å². The smallest absolute Gasteiger partial charge is 0.139 e. The number of quaternary nitrogens is 1. The van der Waals surface area contributed by atoms with Gasteiger partial charge in [-0.25, -0.2) is 0 Å². The molecule has 0 saturated carbocycles. The van der Waals surface area contributed by atoms with Gasteiger partial charge in [0.2, 0.25) is 0 Å². The summed E-state index contributed by atoms with van der Waals surface area (Å²) in [7, 11) is 0. The maximum absolute atomic E-state index is 12.5. The molecule has 1 aromatic carbocycles. The molecular formula is C22H25NO3. The summed E-state index contributed by atoms with van der Waals surface area (Å²) in [5.41, 5.74) is 2.04. The zero-order valence-corrected chi connectivity index (χ0v) is 14.9. The van der Waals surface area contributed by atoms with E-state index >= 15 is 0 Å². The van der Waals surface area contributed by atoms with Crippen LogP contribution in [0.25, 0.3) is 0 Å². The number of ether oxygens (including phenoxy) is 1. The van der Waals surface area contributed by atoms with Crippen LogP contribution in [-0.2, 0) is 11.8 Å². The lowest BCUT2D eigenvalue weighted by Gasteiger charge is -2.60. The van der Waals surface area contributed by atoms with Crippen LogP contribution < -0.4 is 9.84 Å². The van der Waals surface area contributed by atoms with Gasteiger partial charge in [0, 0.05) is 24.3 Å². The summed E-state index contributed by atoms with van der Waals surface area (Å²) in [6.45, 7) is 10.8. The van der Waals surface area contributed by atoms with Crippen LogP contribution in [0.2, 0.25) is 0 Å². The zero-order valence-electron chi connectivity index (χ0n) is 14.9. The van der Waals surface area contributed by atoms with Gasteiger partial charge >= 0.3 is 0 Å². The first-order chi connectivity index (χ1) is 12.6. The molecule has 1 fully saturated rings. The number of aliphatic hydroxyl groups is 1. The van der Waals surface area contributed by atoms with Crippen LogP contribution in [0.4, 0.5) is 0 Å². The van der Waals surface area contributed by atoms with Gasteiger partial charge < -0.3 is 19.4 Å². The van der Waals surface area contributed by atoms with E-state index in [0.29, 0.717) is 11.8 Å². The number of nitrogens with zero attached hydrogens (tertiary/aromatic N) is 1. The molecule has 0 amide bonds. The molecule has 1 spiro atoms. The monoisotopic (exact) mass is 351 g/mol. The third kappa shape index (κ3) is 1.72. The van der Waals surface area contributed by atoms with Crippen molar-refractivity contribution in [3.8, 4) is 11.5 Å². The molecule has 5 rings (SSSR count). The number of aliphatic hydroxyl groups excluding tert-OH is 1. The molecule has 2 bridgehead atoms. The van der Waals surface area contributed by atoms with E-state index in [4.69, 9.17) is 4.74 Å². The Morgan fingerprint density at radius 3 is 2.77 bits per heavy atom. The van der Waals surface area contributed by atoms with Gasteiger partial charge in [-0.2, -0.15) is 0 Å². The topological polar surface area (TPSA) is 52.5 Å². The molecule has 1 N–H and O–H groups in total. The largest absolute Gasteiger partial charge is 0.870 e. The van der Waals surface area contributed by atoms with Crippen molar-refractivity contribution in [2.45, 2.75) is 36.5 Å². The summed E-state index contributed by atoms with van der Waals surface area (Å²) in [5, 5.41) is 23.1. The second-order valence-corrected chi connectivity index (χ2v) is 8.31. The minimum atomic E-state index is -0.663. The summed E-state index contributed by atoms with van der Waals surface area (Å²) in [6, 6.07) is 4.00. The van der Waals surface area contributed by atoms with E-state index in [2.05, 4.69) is 19.2 Å². The van der Waals surface area contributed by atoms with E-state index in [1.807, 2.05) is 24.3 Å². The maximum atomic E-state index is 12.5. The van der Waals surface area contributed by atoms with E-state index in [0.717, 1.165) is 42.5 Å². The SMILES string of the molecule is C=CC[N+]1(CC=C)CCC23c4c5ccc([O-])c4O[C@H]2[C@@H](O)C=C[C@H]3[C@H]1C5. The summed E-state index contributed by atoms with van der Waals surface area (Å²) >= 11 is 0. The van der Waals surface area contributed by atoms with Gasteiger partial charge in [0.05, 0.1) is 25.0 Å². The lowest BCUT2D eigenvalue weighted by atomic mass is 9.52. The molecule has 4 nitrogen and oxygen atoms in total. The molecule has 1 saturated heterocycles. The van der Waals surface area contributed by atoms with Crippen molar-refractivity contribution in [3.63, 3.8) is 0 Å². The van der Waals surface area contributed by atoms with Gasteiger partial charge in [-0.05, 0) is 17.7 Å². The highest BCUT2D eigenvalue weighted by atomic mass is 16.5. The van der Waals surface area contributed by atoms with E-state index < -0.39 is 6.10 Å². The molecule has 1 unspecified atom stereocenters. The van der Waals surface area contributed by atoms with Crippen molar-refractivity contribution in [3.05, 3.63) is 60.7 Å². The van der Waals surface area contributed by atoms with E-state index in [-0.39, 0.29) is 23.2 Å². The van der Waals surface area contributed by atoms with Gasteiger partial charge in [0.1, 0.15) is 24.0 Å². The third-order valence-electron chi connectivity index (χ3n) is 7.35.